The predicted molar refractivity (Wildman–Crippen MR) is 148 cm³/mol. The first-order valence-corrected chi connectivity index (χ1v) is 13.6. The lowest BCUT2D eigenvalue weighted by Gasteiger charge is -2.25. The van der Waals surface area contributed by atoms with Crippen molar-refractivity contribution >= 4 is 47.3 Å². The van der Waals surface area contributed by atoms with Gasteiger partial charge in [0.15, 0.2) is 5.96 Å². The Kier molecular flexibility index (Phi) is 15.0. The molecule has 14 nitrogen and oxygen atoms in total. The standard InChI is InChI=1S/C24H38N8O6S/c1-39-11-9-16(21(35)32-18(23(37)38)12-14-6-3-2-4-7-14)30-22(36)17(13-19(26)33)31-20(34)15(25)8-5-10-29-24(27)28/h2-4,6-7,15-18H,5,8-13,25H2,1H3,(H2,26,33)(H,30,36)(H,31,34)(H,32,35)(H,37,38)(H4,27,28,29). The summed E-state index contributed by atoms with van der Waals surface area (Å²) in [5.41, 5.74) is 22.4. The number of carbonyl (C=O) groups is 5. The van der Waals surface area contributed by atoms with E-state index in [2.05, 4.69) is 20.9 Å². The van der Waals surface area contributed by atoms with Crippen molar-refractivity contribution in [1.29, 1.82) is 0 Å². The summed E-state index contributed by atoms with van der Waals surface area (Å²) < 4.78 is 0. The highest BCUT2D eigenvalue weighted by Crippen LogP contribution is 2.07. The number of hydrogen-bond acceptors (Lipinski definition) is 8. The summed E-state index contributed by atoms with van der Waals surface area (Å²) in [5.74, 6) is -4.01. The van der Waals surface area contributed by atoms with Gasteiger partial charge in [-0.1, -0.05) is 30.3 Å². The van der Waals surface area contributed by atoms with Gasteiger partial charge in [-0.25, -0.2) is 4.79 Å². The molecule has 0 radical (unpaired) electrons. The number of nitrogens with zero attached hydrogens (tertiary/aromatic N) is 1. The minimum atomic E-state index is -1.40. The number of benzene rings is 1. The highest BCUT2D eigenvalue weighted by atomic mass is 32.2. The van der Waals surface area contributed by atoms with Gasteiger partial charge >= 0.3 is 5.97 Å². The zero-order chi connectivity index (χ0) is 29.4. The topological polar surface area (TPSA) is 258 Å². The average molecular weight is 567 g/mol. The van der Waals surface area contributed by atoms with Gasteiger partial charge < -0.3 is 44.0 Å². The SMILES string of the molecule is CSCCC(NC(=O)C(CC(N)=O)NC(=O)C(N)CCCN=C(N)N)C(=O)NC(Cc1ccccc1)C(=O)O. The van der Waals surface area contributed by atoms with E-state index in [1.807, 2.05) is 0 Å². The lowest BCUT2D eigenvalue weighted by molar-refractivity contribution is -0.142. The number of carbonyl (C=O) groups excluding carboxylic acids is 4. The normalized spacial score (nSPS) is 13.7. The highest BCUT2D eigenvalue weighted by Gasteiger charge is 2.31. The minimum Gasteiger partial charge on any atom is -0.480 e. The van der Waals surface area contributed by atoms with Crippen LogP contribution in [0.2, 0.25) is 0 Å². The molecule has 4 unspecified atom stereocenters. The monoisotopic (exact) mass is 566 g/mol. The first-order valence-electron chi connectivity index (χ1n) is 12.2. The number of carboxylic acid groups (broad SMARTS) is 1. The maximum atomic E-state index is 13.0. The number of thioether (sulfide) groups is 1. The Balaban J connectivity index is 2.92. The number of guanidine groups is 1. The Hall–Kier alpha value is -3.85. The van der Waals surface area contributed by atoms with E-state index in [9.17, 15) is 29.1 Å². The third kappa shape index (κ3) is 13.5. The molecule has 12 N–H and O–H groups in total. The van der Waals surface area contributed by atoms with E-state index >= 15 is 0 Å². The number of nitrogens with one attached hydrogen (secondary N) is 3. The van der Waals surface area contributed by atoms with Crippen molar-refractivity contribution in [3.05, 3.63) is 35.9 Å². The Labute approximate surface area is 231 Å². The van der Waals surface area contributed by atoms with Crippen LogP contribution in [0, 0.1) is 0 Å². The summed E-state index contributed by atoms with van der Waals surface area (Å²) in [5, 5.41) is 17.0. The fourth-order valence-electron chi connectivity index (χ4n) is 3.44. The quantitative estimate of drug-likeness (QED) is 0.0539. The van der Waals surface area contributed by atoms with Gasteiger partial charge in [-0.2, -0.15) is 11.8 Å². The van der Waals surface area contributed by atoms with Gasteiger partial charge in [0, 0.05) is 13.0 Å². The van der Waals surface area contributed by atoms with Crippen molar-refractivity contribution in [3.8, 4) is 0 Å². The molecular formula is C24H38N8O6S. The van der Waals surface area contributed by atoms with E-state index in [4.69, 9.17) is 22.9 Å². The van der Waals surface area contributed by atoms with Gasteiger partial charge in [0.2, 0.25) is 23.6 Å². The predicted octanol–water partition coefficient (Wildman–Crippen LogP) is -2.22. The molecule has 4 atom stereocenters. The number of aliphatic carboxylic acids is 1. The van der Waals surface area contributed by atoms with Gasteiger partial charge in [-0.3, -0.25) is 24.2 Å². The minimum absolute atomic E-state index is 0.0343. The smallest absolute Gasteiger partial charge is 0.326 e. The molecule has 1 aromatic rings. The molecule has 0 bridgehead atoms. The van der Waals surface area contributed by atoms with E-state index in [1.54, 1.807) is 36.6 Å². The number of hydrogen-bond donors (Lipinski definition) is 8. The summed E-state index contributed by atoms with van der Waals surface area (Å²) in [6, 6.07) is 3.95. The molecule has 0 aliphatic rings. The number of aliphatic imine (C=N–C) groups is 1. The molecular weight excluding hydrogens is 528 g/mol. The fourth-order valence-corrected chi connectivity index (χ4v) is 3.91. The van der Waals surface area contributed by atoms with Crippen LogP contribution in [0.4, 0.5) is 0 Å². The maximum absolute atomic E-state index is 13.0. The lowest BCUT2D eigenvalue weighted by Crippen LogP contribution is -2.58. The van der Waals surface area contributed by atoms with Crippen LogP contribution < -0.4 is 38.9 Å². The molecule has 0 fully saturated rings. The average Bonchev–Trinajstić information content (AvgIpc) is 2.87. The second-order valence-corrected chi connectivity index (χ2v) is 9.70. The van der Waals surface area contributed by atoms with Crippen LogP contribution in [0.25, 0.3) is 0 Å². The molecule has 15 heteroatoms. The van der Waals surface area contributed by atoms with Crippen molar-refractivity contribution in [2.24, 2.45) is 27.9 Å². The first kappa shape index (κ1) is 33.2. The van der Waals surface area contributed by atoms with Crippen LogP contribution in [0.3, 0.4) is 0 Å². The maximum Gasteiger partial charge on any atom is 0.326 e. The van der Waals surface area contributed by atoms with Crippen molar-refractivity contribution in [2.45, 2.75) is 56.3 Å². The number of primary amides is 1. The number of nitrogens with two attached hydrogens (primary N) is 4. The molecule has 0 aromatic heterocycles. The number of carboxylic acids is 1. The van der Waals surface area contributed by atoms with Gasteiger partial charge in [0.25, 0.3) is 0 Å². The molecule has 0 aliphatic carbocycles. The van der Waals surface area contributed by atoms with Crippen LogP contribution >= 0.6 is 11.8 Å². The summed E-state index contributed by atoms with van der Waals surface area (Å²) in [6.07, 6.45) is 2.05. The number of amides is 4. The van der Waals surface area contributed by atoms with E-state index in [-0.39, 0.29) is 31.8 Å². The van der Waals surface area contributed by atoms with Crippen molar-refractivity contribution < 1.29 is 29.1 Å². The largest absolute Gasteiger partial charge is 0.480 e. The molecule has 0 heterocycles. The van der Waals surface area contributed by atoms with Crippen LogP contribution in [-0.2, 0) is 30.4 Å². The number of rotatable bonds is 18. The first-order chi connectivity index (χ1) is 18.4. The van der Waals surface area contributed by atoms with E-state index in [0.717, 1.165) is 0 Å². The molecule has 1 aromatic carbocycles. The van der Waals surface area contributed by atoms with E-state index < -0.39 is 60.2 Å². The van der Waals surface area contributed by atoms with Crippen molar-refractivity contribution in [3.63, 3.8) is 0 Å². The molecule has 0 saturated heterocycles. The fraction of sp³-hybridized carbons (Fsp3) is 0.500. The highest BCUT2D eigenvalue weighted by molar-refractivity contribution is 7.98. The summed E-state index contributed by atoms with van der Waals surface area (Å²) in [6.45, 7) is 0.252. The molecule has 0 aliphatic heterocycles. The van der Waals surface area contributed by atoms with Gasteiger partial charge in [0.1, 0.15) is 18.1 Å². The van der Waals surface area contributed by atoms with E-state index in [0.29, 0.717) is 17.7 Å². The third-order valence-corrected chi connectivity index (χ3v) is 6.13. The molecule has 0 spiro atoms. The van der Waals surface area contributed by atoms with Gasteiger partial charge in [-0.05, 0) is 36.8 Å². The Morgan fingerprint density at radius 2 is 1.49 bits per heavy atom. The van der Waals surface area contributed by atoms with Crippen LogP contribution in [0.15, 0.2) is 35.3 Å². The summed E-state index contributed by atoms with van der Waals surface area (Å²) >= 11 is 1.41. The second-order valence-electron chi connectivity index (χ2n) is 8.72. The van der Waals surface area contributed by atoms with Crippen LogP contribution in [0.1, 0.15) is 31.2 Å². The van der Waals surface area contributed by atoms with Gasteiger partial charge in [-0.15, -0.1) is 0 Å². The third-order valence-electron chi connectivity index (χ3n) is 5.48. The summed E-state index contributed by atoms with van der Waals surface area (Å²) in [7, 11) is 0. The van der Waals surface area contributed by atoms with Crippen LogP contribution in [-0.4, -0.2) is 83.4 Å². The van der Waals surface area contributed by atoms with E-state index in [1.165, 1.54) is 11.8 Å². The van der Waals surface area contributed by atoms with Crippen LogP contribution in [0.5, 0.6) is 0 Å². The second kappa shape index (κ2) is 17.6. The lowest BCUT2D eigenvalue weighted by atomic mass is 10.0. The Bertz CT molecular complexity index is 1010. The zero-order valence-corrected chi connectivity index (χ0v) is 22.6. The van der Waals surface area contributed by atoms with Gasteiger partial charge in [0.05, 0.1) is 12.5 Å². The molecule has 39 heavy (non-hydrogen) atoms. The van der Waals surface area contributed by atoms with Crippen molar-refractivity contribution in [2.75, 3.05) is 18.6 Å². The molecule has 1 rings (SSSR count). The van der Waals surface area contributed by atoms with Crippen molar-refractivity contribution in [1.82, 2.24) is 16.0 Å². The molecule has 0 saturated carbocycles. The summed E-state index contributed by atoms with van der Waals surface area (Å²) in [4.78, 5) is 65.8. The molecule has 4 amide bonds. The Morgan fingerprint density at radius 1 is 0.897 bits per heavy atom. The molecule has 216 valence electrons. The Morgan fingerprint density at radius 3 is 2.05 bits per heavy atom. The zero-order valence-electron chi connectivity index (χ0n) is 21.8.